The number of hydrogen-bond donors (Lipinski definition) is 2. The number of hydrogen-bond acceptors (Lipinski definition) is 3. The number of nitrogens with two attached hydrogens (primary N) is 1. The largest absolute Gasteiger partial charge is 0.395 e. The number of carbonyl (C=O) groups is 2. The Balaban J connectivity index is 2.67. The van der Waals surface area contributed by atoms with Crippen LogP contribution in [-0.2, 0) is 4.79 Å². The van der Waals surface area contributed by atoms with Crippen molar-refractivity contribution in [3.63, 3.8) is 0 Å². The van der Waals surface area contributed by atoms with E-state index in [1.165, 1.54) is 11.0 Å². The van der Waals surface area contributed by atoms with Crippen LogP contribution >= 0.6 is 0 Å². The zero-order chi connectivity index (χ0) is 13.5. The highest BCUT2D eigenvalue weighted by Crippen LogP contribution is 2.06. The van der Waals surface area contributed by atoms with Crippen molar-refractivity contribution in [1.82, 2.24) is 4.90 Å². The average molecular weight is 248 g/mol. The van der Waals surface area contributed by atoms with E-state index in [-0.39, 0.29) is 12.5 Å². The number of aliphatic hydroxyl groups excluding tert-OH is 1. The standard InChI is InChI=1S/C13H16N2O3/c1-15(8-9-16)12(17)7-4-10-2-5-11(6-3-10)13(14)18/h2-7,16H,8-9H2,1H3,(H2,14,18)/b7-4+. The molecule has 5 heteroatoms. The summed E-state index contributed by atoms with van der Waals surface area (Å²) in [6, 6.07) is 6.61. The van der Waals surface area contributed by atoms with Gasteiger partial charge in [0.1, 0.15) is 0 Å². The molecule has 0 saturated carbocycles. The first-order chi connectivity index (χ1) is 8.54. The molecule has 0 aliphatic carbocycles. The van der Waals surface area contributed by atoms with Gasteiger partial charge >= 0.3 is 0 Å². The number of carbonyl (C=O) groups excluding carboxylic acids is 2. The number of amides is 2. The molecular weight excluding hydrogens is 232 g/mol. The third kappa shape index (κ3) is 4.03. The van der Waals surface area contributed by atoms with E-state index in [2.05, 4.69) is 0 Å². The Bertz CT molecular complexity index is 452. The maximum atomic E-state index is 11.5. The molecule has 1 aromatic rings. The van der Waals surface area contributed by atoms with Crippen molar-refractivity contribution in [3.8, 4) is 0 Å². The Morgan fingerprint density at radius 1 is 1.33 bits per heavy atom. The van der Waals surface area contributed by atoms with E-state index < -0.39 is 5.91 Å². The third-order valence-electron chi connectivity index (χ3n) is 2.43. The number of primary amides is 1. The predicted molar refractivity (Wildman–Crippen MR) is 68.7 cm³/mol. The highest BCUT2D eigenvalue weighted by Gasteiger charge is 2.03. The summed E-state index contributed by atoms with van der Waals surface area (Å²) in [7, 11) is 1.61. The van der Waals surface area contributed by atoms with Crippen molar-refractivity contribution in [2.24, 2.45) is 5.73 Å². The van der Waals surface area contributed by atoms with Crippen LogP contribution in [0.1, 0.15) is 15.9 Å². The second-order valence-corrected chi connectivity index (χ2v) is 3.80. The molecule has 0 heterocycles. The van der Waals surface area contributed by atoms with Crippen molar-refractivity contribution in [1.29, 1.82) is 0 Å². The fraction of sp³-hybridized carbons (Fsp3) is 0.231. The van der Waals surface area contributed by atoms with E-state index in [4.69, 9.17) is 10.8 Å². The Labute approximate surface area is 106 Å². The van der Waals surface area contributed by atoms with Gasteiger partial charge < -0.3 is 15.7 Å². The lowest BCUT2D eigenvalue weighted by molar-refractivity contribution is -0.125. The van der Waals surface area contributed by atoms with Crippen LogP contribution in [0.15, 0.2) is 30.3 Å². The Hall–Kier alpha value is -2.14. The minimum atomic E-state index is -0.482. The van der Waals surface area contributed by atoms with Gasteiger partial charge in [-0.2, -0.15) is 0 Å². The number of benzene rings is 1. The molecule has 0 bridgehead atoms. The summed E-state index contributed by atoms with van der Waals surface area (Å²) in [4.78, 5) is 23.8. The zero-order valence-corrected chi connectivity index (χ0v) is 10.2. The molecule has 0 fully saturated rings. The van der Waals surface area contributed by atoms with Crippen LogP contribution < -0.4 is 5.73 Å². The molecule has 18 heavy (non-hydrogen) atoms. The average Bonchev–Trinajstić information content (AvgIpc) is 2.36. The first kappa shape index (κ1) is 13.9. The van der Waals surface area contributed by atoms with Gasteiger partial charge in [-0.25, -0.2) is 0 Å². The summed E-state index contributed by atoms with van der Waals surface area (Å²) < 4.78 is 0. The van der Waals surface area contributed by atoms with Crippen LogP contribution in [-0.4, -0.2) is 42.0 Å². The summed E-state index contributed by atoms with van der Waals surface area (Å²) in [5.74, 6) is -0.674. The number of likely N-dealkylation sites (N-methyl/N-ethyl adjacent to an activating group) is 1. The Kier molecular flexibility index (Phi) is 5.07. The number of rotatable bonds is 5. The molecule has 0 unspecified atom stereocenters. The van der Waals surface area contributed by atoms with E-state index in [0.717, 1.165) is 5.56 Å². The minimum Gasteiger partial charge on any atom is -0.395 e. The molecule has 0 aromatic heterocycles. The lowest BCUT2D eigenvalue weighted by atomic mass is 10.1. The molecule has 3 N–H and O–H groups in total. The number of aliphatic hydroxyl groups is 1. The third-order valence-corrected chi connectivity index (χ3v) is 2.43. The van der Waals surface area contributed by atoms with Crippen LogP contribution in [0.5, 0.6) is 0 Å². The fourth-order valence-corrected chi connectivity index (χ4v) is 1.31. The monoisotopic (exact) mass is 248 g/mol. The maximum Gasteiger partial charge on any atom is 0.248 e. The summed E-state index contributed by atoms with van der Waals surface area (Å²) in [5.41, 5.74) is 6.34. The molecule has 1 aromatic carbocycles. The van der Waals surface area contributed by atoms with E-state index in [0.29, 0.717) is 12.1 Å². The molecule has 0 spiro atoms. The lowest BCUT2D eigenvalue weighted by Gasteiger charge is -2.12. The zero-order valence-electron chi connectivity index (χ0n) is 10.2. The van der Waals surface area contributed by atoms with Gasteiger partial charge in [-0.3, -0.25) is 9.59 Å². The Morgan fingerprint density at radius 2 is 1.94 bits per heavy atom. The van der Waals surface area contributed by atoms with E-state index >= 15 is 0 Å². The quantitative estimate of drug-likeness (QED) is 0.733. The normalized spacial score (nSPS) is 10.6. The van der Waals surface area contributed by atoms with Crippen LogP contribution in [0.4, 0.5) is 0 Å². The molecule has 0 aliphatic heterocycles. The predicted octanol–water partition coefficient (Wildman–Crippen LogP) is 0.249. The van der Waals surface area contributed by atoms with Crippen molar-refractivity contribution in [2.75, 3.05) is 20.2 Å². The van der Waals surface area contributed by atoms with Crippen molar-refractivity contribution < 1.29 is 14.7 Å². The summed E-state index contributed by atoms with van der Waals surface area (Å²) in [6.07, 6.45) is 3.05. The molecule has 5 nitrogen and oxygen atoms in total. The van der Waals surface area contributed by atoms with Gasteiger partial charge in [0, 0.05) is 25.2 Å². The molecule has 0 atom stereocenters. The highest BCUT2D eigenvalue weighted by molar-refractivity contribution is 5.93. The van der Waals surface area contributed by atoms with Crippen molar-refractivity contribution >= 4 is 17.9 Å². The SMILES string of the molecule is CN(CCO)C(=O)/C=C/c1ccc(C(N)=O)cc1. The van der Waals surface area contributed by atoms with Crippen LogP contribution in [0, 0.1) is 0 Å². The summed E-state index contributed by atoms with van der Waals surface area (Å²) >= 11 is 0. The smallest absolute Gasteiger partial charge is 0.248 e. The molecule has 0 saturated heterocycles. The summed E-state index contributed by atoms with van der Waals surface area (Å²) in [6.45, 7) is 0.229. The highest BCUT2D eigenvalue weighted by atomic mass is 16.3. The molecule has 2 amide bonds. The summed E-state index contributed by atoms with van der Waals surface area (Å²) in [5, 5.41) is 8.69. The fourth-order valence-electron chi connectivity index (χ4n) is 1.31. The topological polar surface area (TPSA) is 83.6 Å². The molecule has 96 valence electrons. The molecule has 1 rings (SSSR count). The van der Waals surface area contributed by atoms with Crippen LogP contribution in [0.25, 0.3) is 6.08 Å². The van der Waals surface area contributed by atoms with E-state index in [9.17, 15) is 9.59 Å². The maximum absolute atomic E-state index is 11.5. The Morgan fingerprint density at radius 3 is 2.44 bits per heavy atom. The number of nitrogens with zero attached hydrogens (tertiary/aromatic N) is 1. The van der Waals surface area contributed by atoms with Crippen molar-refractivity contribution in [3.05, 3.63) is 41.5 Å². The second-order valence-electron chi connectivity index (χ2n) is 3.80. The van der Waals surface area contributed by atoms with Gasteiger partial charge in [0.05, 0.1) is 6.61 Å². The van der Waals surface area contributed by atoms with Crippen molar-refractivity contribution in [2.45, 2.75) is 0 Å². The van der Waals surface area contributed by atoms with Gasteiger partial charge in [0.2, 0.25) is 11.8 Å². The van der Waals surface area contributed by atoms with Crippen LogP contribution in [0.3, 0.4) is 0 Å². The lowest BCUT2D eigenvalue weighted by Crippen LogP contribution is -2.27. The first-order valence-corrected chi connectivity index (χ1v) is 5.48. The van der Waals surface area contributed by atoms with Gasteiger partial charge in [-0.05, 0) is 23.8 Å². The van der Waals surface area contributed by atoms with Gasteiger partial charge in [-0.1, -0.05) is 12.1 Å². The van der Waals surface area contributed by atoms with E-state index in [1.54, 1.807) is 37.4 Å². The van der Waals surface area contributed by atoms with E-state index in [1.807, 2.05) is 0 Å². The van der Waals surface area contributed by atoms with Gasteiger partial charge in [0.15, 0.2) is 0 Å². The van der Waals surface area contributed by atoms with Gasteiger partial charge in [0.25, 0.3) is 0 Å². The minimum absolute atomic E-state index is 0.0661. The molecule has 0 radical (unpaired) electrons. The molecule has 0 aliphatic rings. The van der Waals surface area contributed by atoms with Gasteiger partial charge in [-0.15, -0.1) is 0 Å². The second kappa shape index (κ2) is 6.56. The van der Waals surface area contributed by atoms with Crippen LogP contribution in [0.2, 0.25) is 0 Å². The first-order valence-electron chi connectivity index (χ1n) is 5.48. The molecular formula is C13H16N2O3.